The van der Waals surface area contributed by atoms with Gasteiger partial charge in [0.15, 0.2) is 0 Å². The van der Waals surface area contributed by atoms with Gasteiger partial charge in [-0.15, -0.1) is 0 Å². The van der Waals surface area contributed by atoms with E-state index in [2.05, 4.69) is 0 Å². The standard InChI is InChI=1S/C12H14O3/c1-2-15-12(14)7-6-10-4-3-5-11(8-10)9-13/h3-8,13H,2,9H2,1H3. The molecule has 3 nitrogen and oxygen atoms in total. The lowest BCUT2D eigenvalue weighted by atomic mass is 10.1. The molecule has 0 saturated carbocycles. The average Bonchev–Trinajstić information content (AvgIpc) is 2.27. The second-order valence-electron chi connectivity index (χ2n) is 2.99. The van der Waals surface area contributed by atoms with Crippen LogP contribution in [0.25, 0.3) is 6.08 Å². The number of benzene rings is 1. The molecule has 0 aliphatic rings. The van der Waals surface area contributed by atoms with Gasteiger partial charge in [-0.3, -0.25) is 0 Å². The molecule has 0 fully saturated rings. The van der Waals surface area contributed by atoms with E-state index < -0.39 is 0 Å². The number of carbonyl (C=O) groups is 1. The first-order valence-corrected chi connectivity index (χ1v) is 4.81. The van der Waals surface area contributed by atoms with Crippen LogP contribution in [-0.2, 0) is 16.1 Å². The maximum atomic E-state index is 11.0. The summed E-state index contributed by atoms with van der Waals surface area (Å²) < 4.78 is 4.75. The molecule has 1 rings (SSSR count). The molecule has 0 radical (unpaired) electrons. The van der Waals surface area contributed by atoms with E-state index >= 15 is 0 Å². The zero-order valence-electron chi connectivity index (χ0n) is 8.64. The van der Waals surface area contributed by atoms with E-state index in [0.29, 0.717) is 6.61 Å². The molecule has 0 saturated heterocycles. The number of aliphatic hydroxyl groups excluding tert-OH is 1. The number of rotatable bonds is 4. The highest BCUT2D eigenvalue weighted by molar-refractivity contribution is 5.87. The van der Waals surface area contributed by atoms with E-state index in [-0.39, 0.29) is 12.6 Å². The van der Waals surface area contributed by atoms with Crippen molar-refractivity contribution < 1.29 is 14.6 Å². The van der Waals surface area contributed by atoms with Crippen molar-refractivity contribution in [2.45, 2.75) is 13.5 Å². The molecule has 0 aliphatic carbocycles. The third-order valence-corrected chi connectivity index (χ3v) is 1.83. The van der Waals surface area contributed by atoms with E-state index in [4.69, 9.17) is 9.84 Å². The summed E-state index contributed by atoms with van der Waals surface area (Å²) in [5.74, 6) is -0.355. The Bertz CT molecular complexity index is 356. The Morgan fingerprint density at radius 1 is 1.53 bits per heavy atom. The molecule has 0 heterocycles. The summed E-state index contributed by atoms with van der Waals surface area (Å²) in [6.45, 7) is 2.14. The predicted molar refractivity (Wildman–Crippen MR) is 58.0 cm³/mol. The van der Waals surface area contributed by atoms with Crippen molar-refractivity contribution in [2.24, 2.45) is 0 Å². The van der Waals surface area contributed by atoms with Gasteiger partial charge in [-0.1, -0.05) is 18.2 Å². The Labute approximate surface area is 89.0 Å². The number of aliphatic hydroxyl groups is 1. The molecular formula is C12H14O3. The highest BCUT2D eigenvalue weighted by atomic mass is 16.5. The molecular weight excluding hydrogens is 192 g/mol. The van der Waals surface area contributed by atoms with Crippen LogP contribution in [0.2, 0.25) is 0 Å². The van der Waals surface area contributed by atoms with Crippen molar-refractivity contribution >= 4 is 12.0 Å². The average molecular weight is 206 g/mol. The van der Waals surface area contributed by atoms with Crippen molar-refractivity contribution in [2.75, 3.05) is 6.61 Å². The van der Waals surface area contributed by atoms with Crippen molar-refractivity contribution in [3.8, 4) is 0 Å². The third-order valence-electron chi connectivity index (χ3n) is 1.83. The van der Waals surface area contributed by atoms with E-state index in [1.807, 2.05) is 24.3 Å². The van der Waals surface area contributed by atoms with Crippen molar-refractivity contribution in [1.29, 1.82) is 0 Å². The largest absolute Gasteiger partial charge is 0.463 e. The number of esters is 1. The van der Waals surface area contributed by atoms with Gasteiger partial charge in [-0.05, 0) is 30.2 Å². The van der Waals surface area contributed by atoms with Crippen LogP contribution in [-0.4, -0.2) is 17.7 Å². The summed E-state index contributed by atoms with van der Waals surface area (Å²) in [5.41, 5.74) is 1.69. The minimum Gasteiger partial charge on any atom is -0.463 e. The number of carbonyl (C=O) groups excluding carboxylic acids is 1. The first-order chi connectivity index (χ1) is 7.26. The predicted octanol–water partition coefficient (Wildman–Crippen LogP) is 1.76. The van der Waals surface area contributed by atoms with Crippen LogP contribution >= 0.6 is 0 Å². The van der Waals surface area contributed by atoms with Gasteiger partial charge in [0.05, 0.1) is 13.2 Å². The van der Waals surface area contributed by atoms with E-state index in [0.717, 1.165) is 11.1 Å². The number of ether oxygens (including phenoxy) is 1. The van der Waals surface area contributed by atoms with Crippen LogP contribution in [0.4, 0.5) is 0 Å². The monoisotopic (exact) mass is 206 g/mol. The Balaban J connectivity index is 2.67. The summed E-state index contributed by atoms with van der Waals surface area (Å²) in [4.78, 5) is 11.0. The molecule has 0 unspecified atom stereocenters. The molecule has 0 amide bonds. The van der Waals surface area contributed by atoms with Crippen LogP contribution in [0.1, 0.15) is 18.1 Å². The zero-order valence-corrected chi connectivity index (χ0v) is 8.64. The number of hydrogen-bond acceptors (Lipinski definition) is 3. The maximum Gasteiger partial charge on any atom is 0.330 e. The van der Waals surface area contributed by atoms with Crippen LogP contribution in [0, 0.1) is 0 Å². The Hall–Kier alpha value is -1.61. The van der Waals surface area contributed by atoms with Crippen LogP contribution in [0.15, 0.2) is 30.3 Å². The highest BCUT2D eigenvalue weighted by Crippen LogP contribution is 2.07. The maximum absolute atomic E-state index is 11.0. The van der Waals surface area contributed by atoms with Gasteiger partial charge >= 0.3 is 5.97 Å². The van der Waals surface area contributed by atoms with Gasteiger partial charge in [0.25, 0.3) is 0 Å². The summed E-state index contributed by atoms with van der Waals surface area (Å²) in [6, 6.07) is 7.32. The van der Waals surface area contributed by atoms with Crippen LogP contribution in [0.5, 0.6) is 0 Å². The van der Waals surface area contributed by atoms with E-state index in [1.165, 1.54) is 6.08 Å². The molecule has 3 heteroatoms. The lowest BCUT2D eigenvalue weighted by Gasteiger charge is -1.98. The fourth-order valence-corrected chi connectivity index (χ4v) is 1.15. The highest BCUT2D eigenvalue weighted by Gasteiger charge is 1.95. The Morgan fingerprint density at radius 2 is 2.33 bits per heavy atom. The second-order valence-corrected chi connectivity index (χ2v) is 2.99. The molecule has 0 spiro atoms. The van der Waals surface area contributed by atoms with Gasteiger partial charge in [0, 0.05) is 6.08 Å². The smallest absolute Gasteiger partial charge is 0.330 e. The molecule has 1 aromatic rings. The molecule has 1 N–H and O–H groups in total. The lowest BCUT2D eigenvalue weighted by Crippen LogP contribution is -1.98. The van der Waals surface area contributed by atoms with Gasteiger partial charge < -0.3 is 9.84 Å². The quantitative estimate of drug-likeness (QED) is 0.603. The van der Waals surface area contributed by atoms with E-state index in [9.17, 15) is 4.79 Å². The molecule has 1 aromatic carbocycles. The minimum atomic E-state index is -0.355. The molecule has 15 heavy (non-hydrogen) atoms. The van der Waals surface area contributed by atoms with E-state index in [1.54, 1.807) is 13.0 Å². The van der Waals surface area contributed by atoms with Gasteiger partial charge in [0.2, 0.25) is 0 Å². The van der Waals surface area contributed by atoms with Gasteiger partial charge in [-0.2, -0.15) is 0 Å². The summed E-state index contributed by atoms with van der Waals surface area (Å²) in [7, 11) is 0. The van der Waals surface area contributed by atoms with Crippen molar-refractivity contribution in [3.05, 3.63) is 41.5 Å². The van der Waals surface area contributed by atoms with Gasteiger partial charge in [0.1, 0.15) is 0 Å². The lowest BCUT2D eigenvalue weighted by molar-refractivity contribution is -0.137. The normalized spacial score (nSPS) is 10.5. The second kappa shape index (κ2) is 5.98. The molecule has 0 aliphatic heterocycles. The molecule has 0 bridgehead atoms. The van der Waals surface area contributed by atoms with Gasteiger partial charge in [-0.25, -0.2) is 4.79 Å². The first kappa shape index (κ1) is 11.5. The topological polar surface area (TPSA) is 46.5 Å². The fourth-order valence-electron chi connectivity index (χ4n) is 1.15. The zero-order chi connectivity index (χ0) is 11.1. The summed E-state index contributed by atoms with van der Waals surface area (Å²) in [6.07, 6.45) is 3.04. The molecule has 80 valence electrons. The minimum absolute atomic E-state index is 0.00108. The molecule has 0 atom stereocenters. The Morgan fingerprint density at radius 3 is 3.00 bits per heavy atom. The van der Waals surface area contributed by atoms with Crippen LogP contribution in [0.3, 0.4) is 0 Å². The Kier molecular flexibility index (Phi) is 4.57. The van der Waals surface area contributed by atoms with Crippen molar-refractivity contribution in [1.82, 2.24) is 0 Å². The molecule has 0 aromatic heterocycles. The first-order valence-electron chi connectivity index (χ1n) is 4.81. The summed E-state index contributed by atoms with van der Waals surface area (Å²) in [5, 5.41) is 8.91. The van der Waals surface area contributed by atoms with Crippen LogP contribution < -0.4 is 0 Å². The van der Waals surface area contributed by atoms with Crippen molar-refractivity contribution in [3.63, 3.8) is 0 Å². The third kappa shape index (κ3) is 3.95. The summed E-state index contributed by atoms with van der Waals surface area (Å²) >= 11 is 0. The SMILES string of the molecule is CCOC(=O)C=Cc1cccc(CO)c1. The fraction of sp³-hybridized carbons (Fsp3) is 0.250. The number of hydrogen-bond donors (Lipinski definition) is 1.